The molecule has 23 heavy (non-hydrogen) atoms. The summed E-state index contributed by atoms with van der Waals surface area (Å²) >= 11 is 0. The fraction of sp³-hybridized carbons (Fsp3) is 0.889. The summed E-state index contributed by atoms with van der Waals surface area (Å²) in [6, 6.07) is 0. The lowest BCUT2D eigenvalue weighted by atomic mass is 9.84. The fourth-order valence-electron chi connectivity index (χ4n) is 1.84. The summed E-state index contributed by atoms with van der Waals surface area (Å²) in [5, 5.41) is 9.76. The Morgan fingerprint density at radius 1 is 1.17 bits per heavy atom. The molecule has 0 aromatic rings. The number of ether oxygens (including phenoxy) is 1. The molecule has 1 amide bonds. The van der Waals surface area contributed by atoms with Gasteiger partial charge in [-0.1, -0.05) is 34.6 Å². The zero-order valence-corrected chi connectivity index (χ0v) is 16.5. The second-order valence-corrected chi connectivity index (χ2v) is 5.58. The number of hydrogen-bond donors (Lipinski definition) is 2. The molecule has 0 aliphatic rings. The lowest BCUT2D eigenvalue weighted by molar-refractivity contribution is -0.128. The average molecular weight is 334 g/mol. The Kier molecular flexibility index (Phi) is 20.4. The first-order valence-electron chi connectivity index (χ1n) is 8.69. The van der Waals surface area contributed by atoms with Crippen molar-refractivity contribution in [3.63, 3.8) is 0 Å². The molecule has 0 saturated carbocycles. The van der Waals surface area contributed by atoms with Crippen molar-refractivity contribution in [2.24, 2.45) is 5.41 Å². The van der Waals surface area contributed by atoms with Crippen molar-refractivity contribution >= 4 is 11.7 Å². The summed E-state index contributed by atoms with van der Waals surface area (Å²) in [7, 11) is 1.00. The third kappa shape index (κ3) is 15.7. The molecule has 0 radical (unpaired) electrons. The Morgan fingerprint density at radius 2 is 1.70 bits per heavy atom. The summed E-state index contributed by atoms with van der Waals surface area (Å²) in [5.74, 6) is 0.338. The van der Waals surface area contributed by atoms with Crippen LogP contribution in [0.5, 0.6) is 0 Å². The van der Waals surface area contributed by atoms with Crippen LogP contribution in [0.3, 0.4) is 0 Å². The van der Waals surface area contributed by atoms with E-state index in [9.17, 15) is 9.59 Å². The van der Waals surface area contributed by atoms with Gasteiger partial charge >= 0.3 is 0 Å². The number of Topliss-reactive ketones (excluding diaryl/α,β-unsaturated/α-hetero) is 1. The monoisotopic (exact) mass is 333 g/mol. The van der Waals surface area contributed by atoms with Crippen molar-refractivity contribution < 1.29 is 19.4 Å². The zero-order valence-electron chi connectivity index (χ0n) is 16.5. The summed E-state index contributed by atoms with van der Waals surface area (Å²) in [4.78, 5) is 23.0. The zero-order chi connectivity index (χ0) is 18.9. The van der Waals surface area contributed by atoms with E-state index in [1.165, 1.54) is 0 Å². The molecule has 0 bridgehead atoms. The largest absolute Gasteiger partial charge is 0.400 e. The third-order valence-electron chi connectivity index (χ3n) is 3.36. The number of aliphatic hydroxyl groups excluding tert-OH is 1. The number of carbonyl (C=O) groups is 2. The second kappa shape index (κ2) is 17.4. The first-order chi connectivity index (χ1) is 10.8. The van der Waals surface area contributed by atoms with Crippen LogP contribution >= 0.6 is 0 Å². The van der Waals surface area contributed by atoms with Crippen molar-refractivity contribution in [2.75, 3.05) is 20.3 Å². The molecule has 0 aliphatic carbocycles. The van der Waals surface area contributed by atoms with E-state index in [2.05, 4.69) is 5.32 Å². The summed E-state index contributed by atoms with van der Waals surface area (Å²) in [6.07, 6.45) is 2.56. The first-order valence-corrected chi connectivity index (χ1v) is 8.69. The fourth-order valence-corrected chi connectivity index (χ4v) is 1.84. The topological polar surface area (TPSA) is 75.6 Å². The summed E-state index contributed by atoms with van der Waals surface area (Å²) < 4.78 is 5.67. The maximum atomic E-state index is 11.7. The molecule has 0 spiro atoms. The van der Waals surface area contributed by atoms with Gasteiger partial charge in [0, 0.05) is 38.5 Å². The van der Waals surface area contributed by atoms with E-state index < -0.39 is 0 Å². The molecule has 0 aliphatic heterocycles. The van der Waals surface area contributed by atoms with Gasteiger partial charge in [0.05, 0.1) is 6.10 Å². The number of ketones is 1. The van der Waals surface area contributed by atoms with Gasteiger partial charge in [-0.3, -0.25) is 9.59 Å². The van der Waals surface area contributed by atoms with Gasteiger partial charge in [0.1, 0.15) is 5.78 Å². The Labute approximate surface area is 143 Å². The molecule has 140 valence electrons. The Balaban J connectivity index is -0.000000919. The maximum absolute atomic E-state index is 11.7. The average Bonchev–Trinajstić information content (AvgIpc) is 2.56. The molecule has 1 atom stereocenters. The number of hydrogen-bond acceptors (Lipinski definition) is 4. The molecule has 0 aromatic heterocycles. The number of amides is 1. The minimum Gasteiger partial charge on any atom is -0.400 e. The normalized spacial score (nSPS) is 11.3. The van der Waals surface area contributed by atoms with Crippen LogP contribution in [-0.2, 0) is 14.3 Å². The number of carbonyl (C=O) groups excluding carboxylic acids is 2. The van der Waals surface area contributed by atoms with Crippen molar-refractivity contribution in [2.45, 2.75) is 80.3 Å². The molecule has 2 N–H and O–H groups in total. The minimum absolute atomic E-state index is 0.0511. The van der Waals surface area contributed by atoms with Gasteiger partial charge in [0.15, 0.2) is 0 Å². The molecule has 0 rings (SSSR count). The second-order valence-electron chi connectivity index (χ2n) is 5.58. The molecular formula is C18H39NO4. The van der Waals surface area contributed by atoms with E-state index in [0.717, 1.165) is 13.5 Å². The molecule has 0 fully saturated rings. The highest BCUT2D eigenvalue weighted by Crippen LogP contribution is 2.23. The number of rotatable bonds is 10. The van der Waals surface area contributed by atoms with Crippen molar-refractivity contribution in [3.05, 3.63) is 0 Å². The van der Waals surface area contributed by atoms with Gasteiger partial charge < -0.3 is 15.2 Å². The van der Waals surface area contributed by atoms with Gasteiger partial charge in [-0.05, 0) is 26.7 Å². The quantitative estimate of drug-likeness (QED) is 0.643. The van der Waals surface area contributed by atoms with Crippen LogP contribution in [0, 0.1) is 5.41 Å². The molecule has 1 unspecified atom stereocenters. The molecule has 5 heteroatoms. The Morgan fingerprint density at radius 3 is 2.13 bits per heavy atom. The van der Waals surface area contributed by atoms with E-state index in [1.54, 1.807) is 0 Å². The maximum Gasteiger partial charge on any atom is 0.220 e. The van der Waals surface area contributed by atoms with Gasteiger partial charge in [-0.25, -0.2) is 0 Å². The molecular weight excluding hydrogens is 294 g/mol. The smallest absolute Gasteiger partial charge is 0.220 e. The van der Waals surface area contributed by atoms with Crippen LogP contribution in [0.1, 0.15) is 74.1 Å². The number of nitrogens with one attached hydrogen (secondary N) is 1. The van der Waals surface area contributed by atoms with Crippen molar-refractivity contribution in [3.8, 4) is 0 Å². The van der Waals surface area contributed by atoms with E-state index in [-0.39, 0.29) is 23.2 Å². The Bertz CT molecular complexity index is 291. The van der Waals surface area contributed by atoms with Gasteiger partial charge in [-0.15, -0.1) is 0 Å². The summed E-state index contributed by atoms with van der Waals surface area (Å²) in [6.45, 7) is 14.9. The lowest BCUT2D eigenvalue weighted by Gasteiger charge is -2.23. The predicted octanol–water partition coefficient (Wildman–Crippen LogP) is 3.34. The van der Waals surface area contributed by atoms with Crippen LogP contribution in [-0.4, -0.2) is 43.2 Å². The predicted molar refractivity (Wildman–Crippen MR) is 96.5 cm³/mol. The lowest BCUT2D eigenvalue weighted by Crippen LogP contribution is -2.27. The standard InChI is InChI=1S/C15H29NO3.C2H6.CH4O/c1-6-13(17)15(4,5)10-11-19-12(3)8-9-14(18)16-7-2;2*1-2/h12H,6-11H2,1-5H3,(H,16,18);1-2H3;2H,1H3. The highest BCUT2D eigenvalue weighted by Gasteiger charge is 2.25. The van der Waals surface area contributed by atoms with Crippen LogP contribution in [0.25, 0.3) is 0 Å². The van der Waals surface area contributed by atoms with E-state index in [4.69, 9.17) is 9.84 Å². The SMILES string of the molecule is CC.CCNC(=O)CCC(C)OCCC(C)(C)C(=O)CC.CO. The van der Waals surface area contributed by atoms with Crippen LogP contribution in [0.4, 0.5) is 0 Å². The van der Waals surface area contributed by atoms with Gasteiger partial charge in [-0.2, -0.15) is 0 Å². The van der Waals surface area contributed by atoms with E-state index in [1.807, 2.05) is 48.5 Å². The summed E-state index contributed by atoms with van der Waals surface area (Å²) in [5.41, 5.74) is -0.311. The highest BCUT2D eigenvalue weighted by molar-refractivity contribution is 5.83. The first kappa shape index (κ1) is 26.9. The van der Waals surface area contributed by atoms with Crippen molar-refractivity contribution in [1.82, 2.24) is 5.32 Å². The third-order valence-corrected chi connectivity index (χ3v) is 3.36. The van der Waals surface area contributed by atoms with Crippen LogP contribution < -0.4 is 5.32 Å². The van der Waals surface area contributed by atoms with Gasteiger partial charge in [0.2, 0.25) is 5.91 Å². The highest BCUT2D eigenvalue weighted by atomic mass is 16.5. The molecule has 0 heterocycles. The van der Waals surface area contributed by atoms with E-state index in [0.29, 0.717) is 32.4 Å². The minimum atomic E-state index is -0.311. The Hall–Kier alpha value is -0.940. The van der Waals surface area contributed by atoms with Crippen LogP contribution in [0.2, 0.25) is 0 Å². The molecule has 0 aromatic carbocycles. The van der Waals surface area contributed by atoms with E-state index >= 15 is 0 Å². The number of aliphatic hydroxyl groups is 1. The molecule has 5 nitrogen and oxygen atoms in total. The molecule has 0 saturated heterocycles. The van der Waals surface area contributed by atoms with Gasteiger partial charge in [0.25, 0.3) is 0 Å². The van der Waals surface area contributed by atoms with Crippen LogP contribution in [0.15, 0.2) is 0 Å². The van der Waals surface area contributed by atoms with Crippen molar-refractivity contribution in [1.29, 1.82) is 0 Å².